The number of aromatic nitrogens is 2. The first-order chi connectivity index (χ1) is 22.1. The highest BCUT2D eigenvalue weighted by Crippen LogP contribution is 2.44. The van der Waals surface area contributed by atoms with Gasteiger partial charge in [0.05, 0.1) is 44.6 Å². The van der Waals surface area contributed by atoms with Gasteiger partial charge in [-0.05, 0) is 55.3 Å². The Bertz CT molecular complexity index is 2760. The topological polar surface area (TPSA) is 70.6 Å². The zero-order valence-corrected chi connectivity index (χ0v) is 24.6. The summed E-state index contributed by atoms with van der Waals surface area (Å²) in [7, 11) is 0. The van der Waals surface area contributed by atoms with Gasteiger partial charge in [-0.2, -0.15) is 10.5 Å². The van der Waals surface area contributed by atoms with E-state index in [9.17, 15) is 10.5 Å². The summed E-state index contributed by atoms with van der Waals surface area (Å²) >= 11 is 0. The van der Waals surface area contributed by atoms with Crippen molar-refractivity contribution in [2.24, 2.45) is 0 Å². The molecular formula is C40H24N4O. The summed E-state index contributed by atoms with van der Waals surface area (Å²) in [4.78, 5) is 0. The molecule has 3 heterocycles. The Morgan fingerprint density at radius 2 is 0.933 bits per heavy atom. The first-order valence-corrected chi connectivity index (χ1v) is 14.9. The number of furan rings is 1. The molecule has 5 heteroatoms. The largest absolute Gasteiger partial charge is 0.454 e. The molecular weight excluding hydrogens is 552 g/mol. The molecule has 210 valence electrons. The number of para-hydroxylation sites is 4. The van der Waals surface area contributed by atoms with Crippen LogP contribution in [-0.4, -0.2) is 9.13 Å². The molecule has 0 atom stereocenters. The van der Waals surface area contributed by atoms with Crippen LogP contribution in [0.15, 0.2) is 114 Å². The molecule has 0 saturated heterocycles. The predicted octanol–water partition coefficient (Wildman–Crippen LogP) is 10.1. The lowest BCUT2D eigenvalue weighted by atomic mass is 9.94. The molecule has 9 aromatic rings. The molecule has 45 heavy (non-hydrogen) atoms. The number of nitriles is 2. The summed E-state index contributed by atoms with van der Waals surface area (Å²) in [5.41, 5.74) is 9.40. The average molecular weight is 577 g/mol. The maximum absolute atomic E-state index is 10.9. The second-order valence-electron chi connectivity index (χ2n) is 11.6. The average Bonchev–Trinajstić information content (AvgIpc) is 3.73. The van der Waals surface area contributed by atoms with Crippen LogP contribution < -0.4 is 0 Å². The zero-order valence-electron chi connectivity index (χ0n) is 24.6. The van der Waals surface area contributed by atoms with Gasteiger partial charge in [0.2, 0.25) is 0 Å². The minimum Gasteiger partial charge on any atom is -0.454 e. The lowest BCUT2D eigenvalue weighted by molar-refractivity contribution is 0.671. The third-order valence-electron chi connectivity index (χ3n) is 9.36. The molecule has 0 aliphatic heterocycles. The van der Waals surface area contributed by atoms with Gasteiger partial charge in [0.25, 0.3) is 0 Å². The van der Waals surface area contributed by atoms with Crippen LogP contribution >= 0.6 is 0 Å². The van der Waals surface area contributed by atoms with Crippen LogP contribution in [0.3, 0.4) is 0 Å². The van der Waals surface area contributed by atoms with Gasteiger partial charge in [0.1, 0.15) is 17.7 Å². The van der Waals surface area contributed by atoms with E-state index in [2.05, 4.69) is 75.9 Å². The number of fused-ring (bicyclic) bond motifs is 10. The lowest BCUT2D eigenvalue weighted by Crippen LogP contribution is -2.10. The number of rotatable bonds is 2. The monoisotopic (exact) mass is 576 g/mol. The first kappa shape index (κ1) is 25.2. The summed E-state index contributed by atoms with van der Waals surface area (Å²) in [6, 6.07) is 42.2. The molecule has 0 fully saturated rings. The zero-order chi connectivity index (χ0) is 30.4. The fourth-order valence-electron chi connectivity index (χ4n) is 7.43. The predicted molar refractivity (Wildman–Crippen MR) is 181 cm³/mol. The fraction of sp³-hybridized carbons (Fsp3) is 0.0500. The van der Waals surface area contributed by atoms with E-state index >= 15 is 0 Å². The third-order valence-corrected chi connectivity index (χ3v) is 9.36. The summed E-state index contributed by atoms with van der Waals surface area (Å²) in [6.07, 6.45) is 0. The van der Waals surface area contributed by atoms with Crippen molar-refractivity contribution in [2.45, 2.75) is 13.8 Å². The van der Waals surface area contributed by atoms with Gasteiger partial charge in [-0.3, -0.25) is 0 Å². The van der Waals surface area contributed by atoms with E-state index in [1.807, 2.05) is 68.4 Å². The fourth-order valence-corrected chi connectivity index (χ4v) is 7.43. The highest BCUT2D eigenvalue weighted by Gasteiger charge is 2.27. The van der Waals surface area contributed by atoms with E-state index in [0.717, 1.165) is 82.4 Å². The molecule has 0 aliphatic rings. The van der Waals surface area contributed by atoms with Crippen molar-refractivity contribution in [2.75, 3.05) is 0 Å². The van der Waals surface area contributed by atoms with Gasteiger partial charge < -0.3 is 13.6 Å². The van der Waals surface area contributed by atoms with Crippen molar-refractivity contribution in [3.05, 3.63) is 131 Å². The van der Waals surface area contributed by atoms with Crippen molar-refractivity contribution in [3.8, 4) is 23.5 Å². The standard InChI is InChI=1S/C40H24N4O/c1-23-32(22-42)38(24(2)31(21-41)37(23)43-33-15-7-3-11-25(33)26-12-4-8-16-34(26)43)44-35-17-9-5-13-27(35)29-19-20-30-28-14-6-10-18-36(28)45-40(30)39(29)44/h3-20H,1-2H3. The van der Waals surface area contributed by atoms with Crippen LogP contribution in [0.25, 0.3) is 76.9 Å². The second kappa shape index (κ2) is 9.10. The number of nitrogens with zero attached hydrogens (tertiary/aromatic N) is 4. The number of benzene rings is 6. The molecule has 0 bridgehead atoms. The molecule has 5 nitrogen and oxygen atoms in total. The summed E-state index contributed by atoms with van der Waals surface area (Å²) in [6.45, 7) is 3.93. The molecule has 0 unspecified atom stereocenters. The Balaban J connectivity index is 1.48. The van der Waals surface area contributed by atoms with E-state index in [1.54, 1.807) is 0 Å². The van der Waals surface area contributed by atoms with Crippen molar-refractivity contribution < 1.29 is 4.42 Å². The summed E-state index contributed by atoms with van der Waals surface area (Å²) in [5, 5.41) is 28.1. The second-order valence-corrected chi connectivity index (χ2v) is 11.6. The Morgan fingerprint density at radius 1 is 0.489 bits per heavy atom. The van der Waals surface area contributed by atoms with Gasteiger partial charge in [0.15, 0.2) is 5.58 Å². The molecule has 0 amide bonds. The van der Waals surface area contributed by atoms with Crippen LogP contribution in [0, 0.1) is 36.5 Å². The Kier molecular flexibility index (Phi) is 5.10. The van der Waals surface area contributed by atoms with Crippen LogP contribution in [0.1, 0.15) is 22.3 Å². The van der Waals surface area contributed by atoms with Crippen molar-refractivity contribution in [1.82, 2.24) is 9.13 Å². The minimum atomic E-state index is 0.527. The highest BCUT2D eigenvalue weighted by molar-refractivity contribution is 6.21. The maximum Gasteiger partial charge on any atom is 0.160 e. The van der Waals surface area contributed by atoms with E-state index in [0.29, 0.717) is 16.8 Å². The first-order valence-electron chi connectivity index (χ1n) is 14.9. The normalized spacial score (nSPS) is 11.7. The van der Waals surface area contributed by atoms with Gasteiger partial charge in [0, 0.05) is 32.3 Å². The van der Waals surface area contributed by atoms with Crippen molar-refractivity contribution in [3.63, 3.8) is 0 Å². The summed E-state index contributed by atoms with van der Waals surface area (Å²) in [5.74, 6) is 0. The van der Waals surface area contributed by atoms with Crippen LogP contribution in [0.5, 0.6) is 0 Å². The maximum atomic E-state index is 10.9. The highest BCUT2D eigenvalue weighted by atomic mass is 16.3. The Morgan fingerprint density at radius 3 is 1.51 bits per heavy atom. The third kappa shape index (κ3) is 3.19. The van der Waals surface area contributed by atoms with E-state index in [4.69, 9.17) is 4.42 Å². The van der Waals surface area contributed by atoms with E-state index in [-0.39, 0.29) is 0 Å². The smallest absolute Gasteiger partial charge is 0.160 e. The summed E-state index contributed by atoms with van der Waals surface area (Å²) < 4.78 is 10.9. The van der Waals surface area contributed by atoms with Crippen molar-refractivity contribution in [1.29, 1.82) is 10.5 Å². The molecule has 0 aliphatic carbocycles. The van der Waals surface area contributed by atoms with Gasteiger partial charge in [-0.1, -0.05) is 78.9 Å². The molecule has 0 radical (unpaired) electrons. The molecule has 0 spiro atoms. The minimum absolute atomic E-state index is 0.527. The Hall–Kier alpha value is -6.30. The van der Waals surface area contributed by atoms with Crippen LogP contribution in [-0.2, 0) is 0 Å². The quantitative estimate of drug-likeness (QED) is 0.206. The number of hydrogen-bond donors (Lipinski definition) is 0. The molecule has 6 aromatic carbocycles. The van der Waals surface area contributed by atoms with E-state index < -0.39 is 0 Å². The molecule has 0 N–H and O–H groups in total. The molecule has 3 aromatic heterocycles. The van der Waals surface area contributed by atoms with Crippen LogP contribution in [0.2, 0.25) is 0 Å². The van der Waals surface area contributed by atoms with Crippen molar-refractivity contribution >= 4 is 65.6 Å². The molecule has 9 rings (SSSR count). The lowest BCUT2D eigenvalue weighted by Gasteiger charge is -2.21. The van der Waals surface area contributed by atoms with Crippen LogP contribution in [0.4, 0.5) is 0 Å². The van der Waals surface area contributed by atoms with Gasteiger partial charge in [-0.25, -0.2) is 0 Å². The number of hydrogen-bond acceptors (Lipinski definition) is 3. The Labute approximate surface area is 258 Å². The SMILES string of the molecule is Cc1c(C#N)c(-n2c3ccccc3c3ccc4c5ccccc5oc4c32)c(C)c(C#N)c1-n1c2ccccc2c2ccccc21. The van der Waals surface area contributed by atoms with Gasteiger partial charge in [-0.15, -0.1) is 0 Å². The van der Waals surface area contributed by atoms with Gasteiger partial charge >= 0.3 is 0 Å². The van der Waals surface area contributed by atoms with E-state index in [1.165, 1.54) is 0 Å². The molecule has 0 saturated carbocycles.